The normalized spacial score (nSPS) is 16.5. The Morgan fingerprint density at radius 2 is 2.03 bits per heavy atom. The topological polar surface area (TPSA) is 102 Å². The van der Waals surface area contributed by atoms with E-state index in [1.165, 1.54) is 0 Å². The molecule has 0 unspecified atom stereocenters. The number of rotatable bonds is 6. The molecule has 0 radical (unpaired) electrons. The number of amides is 2. The summed E-state index contributed by atoms with van der Waals surface area (Å²) in [5.74, 6) is 2.45. The number of carbonyl (C=O) groups is 2. The molecular formula is C26H30N6O3. The Morgan fingerprint density at radius 1 is 1.17 bits per heavy atom. The maximum Gasteiger partial charge on any atom is 0.260 e. The number of ether oxygens (including phenoxy) is 1. The van der Waals surface area contributed by atoms with Crippen LogP contribution in [0.2, 0.25) is 0 Å². The van der Waals surface area contributed by atoms with E-state index in [1.807, 2.05) is 36.1 Å². The molecule has 5 rings (SSSR count). The first kappa shape index (κ1) is 23.0. The monoisotopic (exact) mass is 474 g/mol. The number of anilines is 1. The number of fused-ring (bicyclic) bond motifs is 2. The molecule has 182 valence electrons. The van der Waals surface area contributed by atoms with Gasteiger partial charge >= 0.3 is 0 Å². The van der Waals surface area contributed by atoms with Crippen molar-refractivity contribution < 1.29 is 14.3 Å². The fraction of sp³-hybridized carbons (Fsp3) is 0.423. The molecule has 9 nitrogen and oxygen atoms in total. The zero-order chi connectivity index (χ0) is 24.5. The second-order valence-corrected chi connectivity index (χ2v) is 9.20. The lowest BCUT2D eigenvalue weighted by molar-refractivity contribution is -0.132. The van der Waals surface area contributed by atoms with E-state index in [-0.39, 0.29) is 11.8 Å². The third-order valence-corrected chi connectivity index (χ3v) is 6.81. The number of carbonyl (C=O) groups excluding carboxylic acids is 2. The average Bonchev–Trinajstić information content (AvgIpc) is 3.46. The average molecular weight is 475 g/mol. The van der Waals surface area contributed by atoms with Gasteiger partial charge in [0.2, 0.25) is 5.91 Å². The lowest BCUT2D eigenvalue weighted by Gasteiger charge is -2.29. The van der Waals surface area contributed by atoms with E-state index >= 15 is 0 Å². The quantitative estimate of drug-likeness (QED) is 0.583. The molecule has 2 aliphatic heterocycles. The molecule has 0 bridgehead atoms. The van der Waals surface area contributed by atoms with Crippen molar-refractivity contribution in [3.8, 4) is 17.3 Å². The second kappa shape index (κ2) is 9.48. The van der Waals surface area contributed by atoms with E-state index < -0.39 is 0 Å². The van der Waals surface area contributed by atoms with E-state index in [0.29, 0.717) is 54.2 Å². The van der Waals surface area contributed by atoms with Crippen LogP contribution in [0.4, 0.5) is 5.82 Å². The number of hydrogen-bond acceptors (Lipinski definition) is 6. The molecule has 2 aliphatic rings. The molecule has 0 saturated heterocycles. The molecule has 4 heterocycles. The van der Waals surface area contributed by atoms with E-state index in [2.05, 4.69) is 32.0 Å². The van der Waals surface area contributed by atoms with Gasteiger partial charge in [0.25, 0.3) is 5.91 Å². The second-order valence-electron chi connectivity index (χ2n) is 9.20. The minimum absolute atomic E-state index is 0.148. The summed E-state index contributed by atoms with van der Waals surface area (Å²) in [6.07, 6.45) is 4.04. The van der Waals surface area contributed by atoms with E-state index in [0.717, 1.165) is 42.6 Å². The summed E-state index contributed by atoms with van der Waals surface area (Å²) in [5.41, 5.74) is 3.16. The molecule has 0 saturated carbocycles. The summed E-state index contributed by atoms with van der Waals surface area (Å²) in [6.45, 7) is 5.34. The van der Waals surface area contributed by atoms with Crippen molar-refractivity contribution in [1.29, 1.82) is 0 Å². The molecule has 35 heavy (non-hydrogen) atoms. The Kier molecular flexibility index (Phi) is 6.23. The molecule has 0 aliphatic carbocycles. The van der Waals surface area contributed by atoms with Gasteiger partial charge in [-0.05, 0) is 61.6 Å². The summed E-state index contributed by atoms with van der Waals surface area (Å²) in [6, 6.07) is 9.54. The highest BCUT2D eigenvalue weighted by Gasteiger charge is 2.26. The summed E-state index contributed by atoms with van der Waals surface area (Å²) in [7, 11) is 1.56. The molecule has 0 fully saturated rings. The number of aromatic nitrogens is 4. The molecule has 2 amide bonds. The van der Waals surface area contributed by atoms with Gasteiger partial charge < -0.3 is 19.5 Å². The van der Waals surface area contributed by atoms with Gasteiger partial charge in [-0.25, -0.2) is 4.98 Å². The Hall–Kier alpha value is -3.75. The van der Waals surface area contributed by atoms with Crippen LogP contribution in [-0.2, 0) is 24.2 Å². The molecule has 3 aromatic rings. The largest absolute Gasteiger partial charge is 0.496 e. The van der Waals surface area contributed by atoms with Gasteiger partial charge in [0, 0.05) is 32.0 Å². The summed E-state index contributed by atoms with van der Waals surface area (Å²) < 4.78 is 7.66. The van der Waals surface area contributed by atoms with E-state index in [4.69, 9.17) is 4.74 Å². The zero-order valence-corrected chi connectivity index (χ0v) is 20.4. The van der Waals surface area contributed by atoms with Crippen molar-refractivity contribution in [3.05, 3.63) is 52.8 Å². The smallest absolute Gasteiger partial charge is 0.260 e. The van der Waals surface area contributed by atoms with Gasteiger partial charge in [-0.1, -0.05) is 13.0 Å². The first-order chi connectivity index (χ1) is 17.0. The Labute approximate surface area is 204 Å². The minimum Gasteiger partial charge on any atom is -0.496 e. The van der Waals surface area contributed by atoms with Crippen LogP contribution >= 0.6 is 0 Å². The van der Waals surface area contributed by atoms with Crippen LogP contribution in [0.3, 0.4) is 0 Å². The highest BCUT2D eigenvalue weighted by Crippen LogP contribution is 2.31. The number of nitrogens with zero attached hydrogens (tertiary/aromatic N) is 5. The van der Waals surface area contributed by atoms with E-state index in [9.17, 15) is 9.59 Å². The van der Waals surface area contributed by atoms with Crippen molar-refractivity contribution in [2.45, 2.75) is 58.5 Å². The predicted octanol–water partition coefficient (Wildman–Crippen LogP) is 3.79. The number of aryl methyl sites for hydroxylation is 1. The lowest BCUT2D eigenvalue weighted by atomic mass is 9.96. The van der Waals surface area contributed by atoms with Crippen molar-refractivity contribution in [3.63, 3.8) is 0 Å². The first-order valence-electron chi connectivity index (χ1n) is 12.2. The molecular weight excluding hydrogens is 444 g/mol. The van der Waals surface area contributed by atoms with Crippen molar-refractivity contribution in [1.82, 2.24) is 24.6 Å². The number of hydrogen-bond donors (Lipinski definition) is 1. The SMILES string of the molecule is CCCC(=O)N1CCc2cc(OC)c(C(=O)Nc3cccc(-c4nnc5n4[C@@H](C)CC5)n3)cc2C1. The van der Waals surface area contributed by atoms with Gasteiger partial charge in [-0.3, -0.25) is 9.59 Å². The first-order valence-corrected chi connectivity index (χ1v) is 12.2. The zero-order valence-electron chi connectivity index (χ0n) is 20.4. The molecule has 9 heteroatoms. The van der Waals surface area contributed by atoms with Gasteiger partial charge in [-0.15, -0.1) is 10.2 Å². The molecule has 2 aromatic heterocycles. The van der Waals surface area contributed by atoms with Gasteiger partial charge in [0.05, 0.1) is 12.7 Å². The number of benzene rings is 1. The highest BCUT2D eigenvalue weighted by atomic mass is 16.5. The van der Waals surface area contributed by atoms with Gasteiger partial charge in [0.1, 0.15) is 23.1 Å². The number of pyridine rings is 1. The van der Waals surface area contributed by atoms with Gasteiger partial charge in [0.15, 0.2) is 5.82 Å². The summed E-state index contributed by atoms with van der Waals surface area (Å²) in [5, 5.41) is 11.5. The highest BCUT2D eigenvalue weighted by molar-refractivity contribution is 6.06. The van der Waals surface area contributed by atoms with Crippen LogP contribution in [0.15, 0.2) is 30.3 Å². The van der Waals surface area contributed by atoms with Crippen LogP contribution < -0.4 is 10.1 Å². The maximum atomic E-state index is 13.3. The lowest BCUT2D eigenvalue weighted by Crippen LogP contribution is -2.36. The predicted molar refractivity (Wildman–Crippen MR) is 131 cm³/mol. The molecule has 0 spiro atoms. The van der Waals surface area contributed by atoms with Crippen molar-refractivity contribution in [2.75, 3.05) is 19.0 Å². The molecule has 1 atom stereocenters. The fourth-order valence-corrected chi connectivity index (χ4v) is 4.93. The third-order valence-electron chi connectivity index (χ3n) is 6.81. The third kappa shape index (κ3) is 4.38. The van der Waals surface area contributed by atoms with Crippen LogP contribution in [0.25, 0.3) is 11.5 Å². The Morgan fingerprint density at radius 3 is 2.83 bits per heavy atom. The van der Waals surface area contributed by atoms with Crippen LogP contribution in [0.5, 0.6) is 5.75 Å². The summed E-state index contributed by atoms with van der Waals surface area (Å²) in [4.78, 5) is 32.2. The fourth-order valence-electron chi connectivity index (χ4n) is 4.93. The van der Waals surface area contributed by atoms with Crippen LogP contribution in [-0.4, -0.2) is 50.1 Å². The van der Waals surface area contributed by atoms with Crippen LogP contribution in [0.1, 0.15) is 66.5 Å². The standard InChI is InChI=1S/C26H30N6O3/c1-4-6-24(33)31-12-11-17-14-21(35-3)19(13-18(17)15-31)26(34)28-22-8-5-7-20(27-22)25-30-29-23-10-9-16(2)32(23)25/h5,7-8,13-14,16H,4,6,9-12,15H2,1-3H3,(H,27,28,34)/t16-/m0/s1. The summed E-state index contributed by atoms with van der Waals surface area (Å²) >= 11 is 0. The van der Waals surface area contributed by atoms with E-state index in [1.54, 1.807) is 13.2 Å². The Bertz CT molecular complexity index is 1280. The van der Waals surface area contributed by atoms with Crippen molar-refractivity contribution in [2.24, 2.45) is 0 Å². The van der Waals surface area contributed by atoms with Gasteiger partial charge in [-0.2, -0.15) is 0 Å². The van der Waals surface area contributed by atoms with Crippen molar-refractivity contribution >= 4 is 17.6 Å². The Balaban J connectivity index is 1.39. The van der Waals surface area contributed by atoms with Crippen LogP contribution in [0, 0.1) is 0 Å². The minimum atomic E-state index is -0.314. The molecule has 1 aromatic carbocycles. The number of methoxy groups -OCH3 is 1. The number of nitrogens with one attached hydrogen (secondary N) is 1. The molecule has 1 N–H and O–H groups in total. The maximum absolute atomic E-state index is 13.3.